The van der Waals surface area contributed by atoms with Crippen LogP contribution in [0.25, 0.3) is 0 Å². The van der Waals surface area contributed by atoms with Gasteiger partial charge in [0, 0.05) is 42.8 Å². The molecule has 5 nitrogen and oxygen atoms in total. The van der Waals surface area contributed by atoms with Gasteiger partial charge in [-0.15, -0.1) is 24.8 Å². The Morgan fingerprint density at radius 1 is 1.23 bits per heavy atom. The second-order valence-electron chi connectivity index (χ2n) is 5.16. The average molecular weight is 343 g/mol. The van der Waals surface area contributed by atoms with Crippen LogP contribution in [0, 0.1) is 0 Å². The zero-order valence-electron chi connectivity index (χ0n) is 12.1. The summed E-state index contributed by atoms with van der Waals surface area (Å²) in [6, 6.07) is 7.62. The van der Waals surface area contributed by atoms with Crippen LogP contribution in [0.4, 0.5) is 5.69 Å². The molecule has 1 aromatic carbocycles. The molecule has 0 spiro atoms. The number of nitrogen functional groups attached to an aromatic ring is 1. The summed E-state index contributed by atoms with van der Waals surface area (Å²) >= 11 is 0. The molecule has 2 heterocycles. The average Bonchev–Trinajstić information content (AvgIpc) is 3.01. The summed E-state index contributed by atoms with van der Waals surface area (Å²) < 4.78 is 2.13. The van der Waals surface area contributed by atoms with Gasteiger partial charge in [-0.25, -0.2) is 4.98 Å². The Balaban J connectivity index is 0.00000121. The number of piperidine rings is 1. The Labute approximate surface area is 142 Å². The molecular formula is C15H20Cl2N4O. The molecule has 3 rings (SSSR count). The van der Waals surface area contributed by atoms with E-state index in [2.05, 4.69) is 9.55 Å². The van der Waals surface area contributed by atoms with Crippen molar-refractivity contribution in [2.75, 3.05) is 18.8 Å². The number of carbonyl (C=O) groups excluding carboxylic acids is 1. The lowest BCUT2D eigenvalue weighted by Gasteiger charge is -2.32. The number of rotatable bonds is 2. The predicted octanol–water partition coefficient (Wildman–Crippen LogP) is 2.79. The van der Waals surface area contributed by atoms with Crippen molar-refractivity contribution in [1.29, 1.82) is 0 Å². The van der Waals surface area contributed by atoms with E-state index in [-0.39, 0.29) is 30.7 Å². The number of hydrogen-bond donors (Lipinski definition) is 1. The van der Waals surface area contributed by atoms with Crippen molar-refractivity contribution in [2.45, 2.75) is 18.9 Å². The van der Waals surface area contributed by atoms with Crippen molar-refractivity contribution in [2.24, 2.45) is 0 Å². The van der Waals surface area contributed by atoms with E-state index in [0.29, 0.717) is 17.3 Å². The number of hydrogen-bond acceptors (Lipinski definition) is 3. The zero-order chi connectivity index (χ0) is 13.9. The third-order valence-corrected chi connectivity index (χ3v) is 3.83. The van der Waals surface area contributed by atoms with Gasteiger partial charge in [-0.05, 0) is 31.0 Å². The fourth-order valence-corrected chi connectivity index (χ4v) is 2.71. The highest BCUT2D eigenvalue weighted by Gasteiger charge is 2.24. The number of halogens is 2. The minimum absolute atomic E-state index is 0. The van der Waals surface area contributed by atoms with Gasteiger partial charge >= 0.3 is 0 Å². The topological polar surface area (TPSA) is 64.2 Å². The van der Waals surface area contributed by atoms with E-state index in [1.807, 2.05) is 29.6 Å². The molecule has 1 saturated heterocycles. The molecule has 0 atom stereocenters. The van der Waals surface area contributed by atoms with Crippen LogP contribution in [-0.4, -0.2) is 33.4 Å². The molecule has 0 bridgehead atoms. The summed E-state index contributed by atoms with van der Waals surface area (Å²) in [5.74, 6) is 0.0707. The minimum Gasteiger partial charge on any atom is -0.399 e. The molecule has 1 aromatic heterocycles. The quantitative estimate of drug-likeness (QED) is 0.853. The van der Waals surface area contributed by atoms with Gasteiger partial charge < -0.3 is 15.2 Å². The molecular weight excluding hydrogens is 323 g/mol. The molecule has 120 valence electrons. The lowest BCUT2D eigenvalue weighted by molar-refractivity contribution is 0.0694. The molecule has 1 amide bonds. The normalized spacial score (nSPS) is 14.8. The lowest BCUT2D eigenvalue weighted by Crippen LogP contribution is -2.38. The summed E-state index contributed by atoms with van der Waals surface area (Å²) in [5.41, 5.74) is 7.03. The first kappa shape index (κ1) is 18.3. The fraction of sp³-hybridized carbons (Fsp3) is 0.333. The van der Waals surface area contributed by atoms with Crippen LogP contribution in [0.2, 0.25) is 0 Å². The number of imidazole rings is 1. The second-order valence-corrected chi connectivity index (χ2v) is 5.16. The van der Waals surface area contributed by atoms with Gasteiger partial charge in [-0.1, -0.05) is 6.07 Å². The van der Waals surface area contributed by atoms with Gasteiger partial charge in [0.05, 0.1) is 6.33 Å². The molecule has 1 aliphatic heterocycles. The Morgan fingerprint density at radius 3 is 2.55 bits per heavy atom. The van der Waals surface area contributed by atoms with Crippen molar-refractivity contribution < 1.29 is 4.79 Å². The summed E-state index contributed by atoms with van der Waals surface area (Å²) in [6.07, 6.45) is 7.55. The molecule has 7 heteroatoms. The molecule has 2 N–H and O–H groups in total. The first-order valence-electron chi connectivity index (χ1n) is 6.86. The summed E-state index contributed by atoms with van der Waals surface area (Å²) in [4.78, 5) is 18.4. The third-order valence-electron chi connectivity index (χ3n) is 3.83. The van der Waals surface area contributed by atoms with Gasteiger partial charge in [-0.3, -0.25) is 4.79 Å². The monoisotopic (exact) mass is 342 g/mol. The van der Waals surface area contributed by atoms with Crippen LogP contribution in [0.1, 0.15) is 29.2 Å². The Bertz CT molecular complexity index is 595. The van der Waals surface area contributed by atoms with Gasteiger partial charge in [0.15, 0.2) is 0 Å². The number of nitrogens with zero attached hydrogens (tertiary/aromatic N) is 3. The SMILES string of the molecule is Cl.Cl.Nc1cccc(C(=O)N2CCC(n3ccnc3)CC2)c1. The number of nitrogens with two attached hydrogens (primary N) is 1. The van der Waals surface area contributed by atoms with Gasteiger partial charge in [0.25, 0.3) is 5.91 Å². The molecule has 1 aliphatic rings. The molecule has 2 aromatic rings. The van der Waals surface area contributed by atoms with E-state index in [4.69, 9.17) is 5.73 Å². The number of amides is 1. The number of aromatic nitrogens is 2. The largest absolute Gasteiger partial charge is 0.399 e. The number of anilines is 1. The molecule has 0 radical (unpaired) electrons. The standard InChI is InChI=1S/C15H18N4O.2ClH/c16-13-3-1-2-12(10-13)15(20)18-7-4-14(5-8-18)19-9-6-17-11-19;;/h1-3,6,9-11,14H,4-5,7-8,16H2;2*1H. The molecule has 22 heavy (non-hydrogen) atoms. The lowest BCUT2D eigenvalue weighted by atomic mass is 10.0. The second kappa shape index (κ2) is 8.06. The van der Waals surface area contributed by atoms with Crippen LogP contribution in [0.5, 0.6) is 0 Å². The van der Waals surface area contributed by atoms with Crippen LogP contribution in [-0.2, 0) is 0 Å². The fourth-order valence-electron chi connectivity index (χ4n) is 2.71. The minimum atomic E-state index is 0. The third kappa shape index (κ3) is 3.93. The van der Waals surface area contributed by atoms with E-state index in [0.717, 1.165) is 25.9 Å². The van der Waals surface area contributed by atoms with Crippen molar-refractivity contribution in [3.05, 3.63) is 48.5 Å². The number of benzene rings is 1. The highest BCUT2D eigenvalue weighted by atomic mass is 35.5. The van der Waals surface area contributed by atoms with Gasteiger partial charge in [0.2, 0.25) is 0 Å². The Hall–Kier alpha value is -1.72. The van der Waals surface area contributed by atoms with E-state index in [9.17, 15) is 4.79 Å². The van der Waals surface area contributed by atoms with E-state index in [1.165, 1.54) is 0 Å². The van der Waals surface area contributed by atoms with Gasteiger partial charge in [-0.2, -0.15) is 0 Å². The Kier molecular flexibility index (Phi) is 6.71. The maximum Gasteiger partial charge on any atom is 0.253 e. The maximum atomic E-state index is 12.4. The summed E-state index contributed by atoms with van der Waals surface area (Å²) in [7, 11) is 0. The first-order valence-corrected chi connectivity index (χ1v) is 6.86. The molecule has 0 unspecified atom stereocenters. The number of likely N-dealkylation sites (tertiary alicyclic amines) is 1. The van der Waals surface area contributed by atoms with Crippen molar-refractivity contribution in [3.8, 4) is 0 Å². The molecule has 0 saturated carbocycles. The summed E-state index contributed by atoms with van der Waals surface area (Å²) in [5, 5.41) is 0. The predicted molar refractivity (Wildman–Crippen MR) is 91.8 cm³/mol. The van der Waals surface area contributed by atoms with Crippen LogP contribution >= 0.6 is 24.8 Å². The van der Waals surface area contributed by atoms with Crippen molar-refractivity contribution in [3.63, 3.8) is 0 Å². The molecule has 0 aliphatic carbocycles. The van der Waals surface area contributed by atoms with E-state index in [1.54, 1.807) is 18.3 Å². The van der Waals surface area contributed by atoms with E-state index >= 15 is 0 Å². The maximum absolute atomic E-state index is 12.4. The van der Waals surface area contributed by atoms with E-state index < -0.39 is 0 Å². The highest BCUT2D eigenvalue weighted by Crippen LogP contribution is 2.23. The van der Waals surface area contributed by atoms with Crippen LogP contribution < -0.4 is 5.73 Å². The zero-order valence-corrected chi connectivity index (χ0v) is 13.7. The first-order chi connectivity index (χ1) is 9.74. The highest BCUT2D eigenvalue weighted by molar-refractivity contribution is 5.95. The van der Waals surface area contributed by atoms with Crippen molar-refractivity contribution in [1.82, 2.24) is 14.5 Å². The van der Waals surface area contributed by atoms with Crippen LogP contribution in [0.15, 0.2) is 43.0 Å². The molecule has 1 fully saturated rings. The van der Waals surface area contributed by atoms with Crippen LogP contribution in [0.3, 0.4) is 0 Å². The number of carbonyl (C=O) groups is 1. The summed E-state index contributed by atoms with van der Waals surface area (Å²) in [6.45, 7) is 1.55. The van der Waals surface area contributed by atoms with Crippen molar-refractivity contribution >= 4 is 36.4 Å². The van der Waals surface area contributed by atoms with Gasteiger partial charge in [0.1, 0.15) is 0 Å². The Morgan fingerprint density at radius 2 is 1.95 bits per heavy atom. The smallest absolute Gasteiger partial charge is 0.253 e.